The normalized spacial score (nSPS) is 12.3. The molecule has 7 nitrogen and oxygen atoms in total. The molecule has 1 amide bonds. The lowest BCUT2D eigenvalue weighted by Gasteiger charge is -2.17. The number of nitrogens with zero attached hydrogens (tertiary/aromatic N) is 1. The van der Waals surface area contributed by atoms with Crippen LogP contribution >= 0.6 is 0 Å². The summed E-state index contributed by atoms with van der Waals surface area (Å²) in [5, 5.41) is 0. The van der Waals surface area contributed by atoms with E-state index in [9.17, 15) is 9.59 Å². The Bertz CT molecular complexity index is 838. The number of esters is 1. The second kappa shape index (κ2) is 7.99. The first kappa shape index (κ1) is 18.6. The highest BCUT2D eigenvalue weighted by atomic mass is 16.5. The molecule has 7 heteroatoms. The third kappa shape index (κ3) is 3.67. The first-order valence-electron chi connectivity index (χ1n) is 8.44. The zero-order valence-corrected chi connectivity index (χ0v) is 15.5. The topological polar surface area (TPSA) is 74.3 Å². The van der Waals surface area contributed by atoms with E-state index in [1.807, 2.05) is 24.3 Å². The molecule has 3 rings (SSSR count). The molecule has 0 saturated carbocycles. The molecule has 0 aliphatic carbocycles. The van der Waals surface area contributed by atoms with E-state index in [0.29, 0.717) is 23.8 Å². The Balaban J connectivity index is 1.70. The van der Waals surface area contributed by atoms with Crippen LogP contribution in [0.15, 0.2) is 36.4 Å². The number of hydrogen-bond acceptors (Lipinski definition) is 6. The quantitative estimate of drug-likeness (QED) is 0.726. The molecule has 0 aromatic heterocycles. The number of hydrogen-bond donors (Lipinski definition) is 0. The minimum absolute atomic E-state index is 0.208. The van der Waals surface area contributed by atoms with Gasteiger partial charge in [0.25, 0.3) is 5.91 Å². The molecular formula is C20H21NO6. The standard InChI is InChI=1S/C20H21NO6/c1-24-16-10-14(11-17(25-2)19(16)26-3)20(23)27-12-18(22)21-9-8-13-6-4-5-7-15(13)21/h4-7,10-11H,8-9,12H2,1-3H3. The number of para-hydroxylation sites is 1. The summed E-state index contributed by atoms with van der Waals surface area (Å²) in [6.45, 7) is 0.240. The molecule has 142 valence electrons. The van der Waals surface area contributed by atoms with Gasteiger partial charge in [-0.25, -0.2) is 4.79 Å². The monoisotopic (exact) mass is 371 g/mol. The van der Waals surface area contributed by atoms with Gasteiger partial charge < -0.3 is 23.8 Å². The molecule has 0 radical (unpaired) electrons. The number of carbonyl (C=O) groups is 2. The average Bonchev–Trinajstić information content (AvgIpc) is 3.14. The lowest BCUT2D eigenvalue weighted by atomic mass is 10.2. The van der Waals surface area contributed by atoms with Crippen molar-refractivity contribution in [1.82, 2.24) is 0 Å². The number of amides is 1. The van der Waals surface area contributed by atoms with E-state index in [2.05, 4.69) is 0 Å². The Hall–Kier alpha value is -3.22. The molecule has 0 spiro atoms. The van der Waals surface area contributed by atoms with Crippen LogP contribution in [0, 0.1) is 0 Å². The summed E-state index contributed by atoms with van der Waals surface area (Å²) in [6.07, 6.45) is 0.794. The van der Waals surface area contributed by atoms with Crippen LogP contribution in [0.4, 0.5) is 5.69 Å². The molecular weight excluding hydrogens is 350 g/mol. The summed E-state index contributed by atoms with van der Waals surface area (Å²) in [5.74, 6) is 0.143. The maximum Gasteiger partial charge on any atom is 0.338 e. The number of carbonyl (C=O) groups excluding carboxylic acids is 2. The van der Waals surface area contributed by atoms with E-state index in [4.69, 9.17) is 18.9 Å². The van der Waals surface area contributed by atoms with Crippen molar-refractivity contribution < 1.29 is 28.5 Å². The van der Waals surface area contributed by atoms with Gasteiger partial charge in [-0.15, -0.1) is 0 Å². The maximum absolute atomic E-state index is 12.5. The van der Waals surface area contributed by atoms with Crippen LogP contribution in [-0.4, -0.2) is 46.4 Å². The smallest absolute Gasteiger partial charge is 0.338 e. The highest BCUT2D eigenvalue weighted by Crippen LogP contribution is 2.38. The summed E-state index contributed by atoms with van der Waals surface area (Å²) in [7, 11) is 4.40. The molecule has 0 bridgehead atoms. The fourth-order valence-corrected chi connectivity index (χ4v) is 3.08. The van der Waals surface area contributed by atoms with Gasteiger partial charge in [0.05, 0.1) is 26.9 Å². The van der Waals surface area contributed by atoms with Crippen molar-refractivity contribution >= 4 is 17.6 Å². The Kier molecular flexibility index (Phi) is 5.49. The summed E-state index contributed by atoms with van der Waals surface area (Å²) in [5.41, 5.74) is 2.19. The van der Waals surface area contributed by atoms with Crippen molar-refractivity contribution in [2.75, 3.05) is 39.4 Å². The minimum atomic E-state index is -0.643. The van der Waals surface area contributed by atoms with E-state index >= 15 is 0 Å². The van der Waals surface area contributed by atoms with Crippen LogP contribution in [0.1, 0.15) is 15.9 Å². The van der Waals surface area contributed by atoms with Crippen molar-refractivity contribution in [2.24, 2.45) is 0 Å². The second-order valence-electron chi connectivity index (χ2n) is 5.91. The number of ether oxygens (including phenoxy) is 4. The van der Waals surface area contributed by atoms with Gasteiger partial charge in [-0.2, -0.15) is 0 Å². The summed E-state index contributed by atoms with van der Waals surface area (Å²) < 4.78 is 20.9. The van der Waals surface area contributed by atoms with Crippen molar-refractivity contribution in [3.8, 4) is 17.2 Å². The number of fused-ring (bicyclic) bond motifs is 1. The SMILES string of the molecule is COc1cc(C(=O)OCC(=O)N2CCc3ccccc32)cc(OC)c1OC. The van der Waals surface area contributed by atoms with E-state index in [-0.39, 0.29) is 18.1 Å². The van der Waals surface area contributed by atoms with Crippen molar-refractivity contribution in [2.45, 2.75) is 6.42 Å². The molecule has 1 heterocycles. The highest BCUT2D eigenvalue weighted by Gasteiger charge is 2.25. The summed E-state index contributed by atoms with van der Waals surface area (Å²) in [6, 6.07) is 10.7. The van der Waals surface area contributed by atoms with Crippen LogP contribution in [0.2, 0.25) is 0 Å². The fourth-order valence-electron chi connectivity index (χ4n) is 3.08. The van der Waals surface area contributed by atoms with Gasteiger partial charge in [-0.3, -0.25) is 4.79 Å². The molecule has 2 aromatic rings. The van der Waals surface area contributed by atoms with Gasteiger partial charge in [0, 0.05) is 12.2 Å². The van der Waals surface area contributed by atoms with Crippen molar-refractivity contribution in [1.29, 1.82) is 0 Å². The number of rotatable bonds is 6. The van der Waals surface area contributed by atoms with Crippen molar-refractivity contribution in [3.05, 3.63) is 47.5 Å². The zero-order chi connectivity index (χ0) is 19.4. The van der Waals surface area contributed by atoms with Crippen LogP contribution in [-0.2, 0) is 16.0 Å². The Labute approximate surface area is 157 Å². The Morgan fingerprint density at radius 2 is 1.67 bits per heavy atom. The van der Waals surface area contributed by atoms with Gasteiger partial charge in [-0.1, -0.05) is 18.2 Å². The van der Waals surface area contributed by atoms with Crippen molar-refractivity contribution in [3.63, 3.8) is 0 Å². The van der Waals surface area contributed by atoms with Gasteiger partial charge >= 0.3 is 5.97 Å². The molecule has 0 atom stereocenters. The second-order valence-corrected chi connectivity index (χ2v) is 5.91. The van der Waals surface area contributed by atoms with Gasteiger partial charge in [0.15, 0.2) is 18.1 Å². The van der Waals surface area contributed by atoms with E-state index in [1.54, 1.807) is 4.90 Å². The maximum atomic E-state index is 12.5. The van der Waals surface area contributed by atoms with E-state index in [0.717, 1.165) is 17.7 Å². The zero-order valence-electron chi connectivity index (χ0n) is 15.5. The molecule has 1 aliphatic rings. The molecule has 0 fully saturated rings. The molecule has 0 N–H and O–H groups in total. The molecule has 1 aliphatic heterocycles. The highest BCUT2D eigenvalue weighted by molar-refractivity contribution is 5.98. The number of methoxy groups -OCH3 is 3. The number of benzene rings is 2. The lowest BCUT2D eigenvalue weighted by molar-refractivity contribution is -0.121. The lowest BCUT2D eigenvalue weighted by Crippen LogP contribution is -2.33. The first-order valence-corrected chi connectivity index (χ1v) is 8.44. The number of anilines is 1. The minimum Gasteiger partial charge on any atom is -0.493 e. The van der Waals surface area contributed by atoms with E-state index < -0.39 is 5.97 Å². The fraction of sp³-hybridized carbons (Fsp3) is 0.300. The molecule has 0 saturated heterocycles. The first-order chi connectivity index (χ1) is 13.1. The van der Waals surface area contributed by atoms with Gasteiger partial charge in [0.1, 0.15) is 0 Å². The molecule has 0 unspecified atom stereocenters. The summed E-state index contributed by atoms with van der Waals surface area (Å²) >= 11 is 0. The van der Waals surface area contributed by atoms with Gasteiger partial charge in [0.2, 0.25) is 5.75 Å². The average molecular weight is 371 g/mol. The third-order valence-electron chi connectivity index (χ3n) is 4.42. The van der Waals surface area contributed by atoms with E-state index in [1.165, 1.54) is 33.5 Å². The van der Waals surface area contributed by atoms with Gasteiger partial charge in [-0.05, 0) is 30.2 Å². The predicted molar refractivity (Wildman–Crippen MR) is 98.9 cm³/mol. The third-order valence-corrected chi connectivity index (χ3v) is 4.42. The van der Waals surface area contributed by atoms with Crippen LogP contribution in [0.25, 0.3) is 0 Å². The molecule has 27 heavy (non-hydrogen) atoms. The Morgan fingerprint density at radius 3 is 2.30 bits per heavy atom. The van der Waals surface area contributed by atoms with Crippen LogP contribution in [0.5, 0.6) is 17.2 Å². The Morgan fingerprint density at radius 1 is 1.00 bits per heavy atom. The van der Waals surface area contributed by atoms with Crippen LogP contribution < -0.4 is 19.1 Å². The molecule has 2 aromatic carbocycles. The van der Waals surface area contributed by atoms with Crippen LogP contribution in [0.3, 0.4) is 0 Å². The largest absolute Gasteiger partial charge is 0.493 e. The summed E-state index contributed by atoms with van der Waals surface area (Å²) in [4.78, 5) is 26.5. The predicted octanol–water partition coefficient (Wildman–Crippen LogP) is 2.46.